The number of aliphatic hydroxyl groups excluding tert-OH is 2. The summed E-state index contributed by atoms with van der Waals surface area (Å²) in [4.78, 5) is 22.0. The van der Waals surface area contributed by atoms with Crippen molar-refractivity contribution in [1.82, 2.24) is 0 Å². The highest BCUT2D eigenvalue weighted by Gasteiger charge is 2.17. The highest BCUT2D eigenvalue weighted by molar-refractivity contribution is 5.81. The van der Waals surface area contributed by atoms with Gasteiger partial charge in [-0.05, 0) is 19.3 Å². The maximum atomic E-state index is 11.2. The molecule has 0 saturated carbocycles. The maximum absolute atomic E-state index is 11.2. The van der Waals surface area contributed by atoms with Crippen LogP contribution in [0.25, 0.3) is 0 Å². The summed E-state index contributed by atoms with van der Waals surface area (Å²) >= 11 is 0. The van der Waals surface area contributed by atoms with E-state index in [4.69, 9.17) is 14.6 Å². The molecule has 0 aliphatic rings. The SMILES string of the molecule is C=CC(=O)OCCCC(CC(O)CCO)OC(=O)C=C. The van der Waals surface area contributed by atoms with Crippen LogP contribution in [0.4, 0.5) is 0 Å². The largest absolute Gasteiger partial charge is 0.463 e. The van der Waals surface area contributed by atoms with E-state index in [0.717, 1.165) is 12.2 Å². The van der Waals surface area contributed by atoms with Gasteiger partial charge in [-0.1, -0.05) is 13.2 Å². The summed E-state index contributed by atoms with van der Waals surface area (Å²) < 4.78 is 9.90. The molecule has 0 fully saturated rings. The molecule has 0 aliphatic carbocycles. The number of carbonyl (C=O) groups excluding carboxylic acids is 2. The first kappa shape index (κ1) is 18.3. The van der Waals surface area contributed by atoms with Crippen LogP contribution in [0, 0.1) is 0 Å². The lowest BCUT2D eigenvalue weighted by Crippen LogP contribution is -2.24. The average Bonchev–Trinajstić information content (AvgIpc) is 2.42. The second kappa shape index (κ2) is 11.2. The van der Waals surface area contributed by atoms with Gasteiger partial charge in [-0.25, -0.2) is 9.59 Å². The van der Waals surface area contributed by atoms with Gasteiger partial charge in [-0.3, -0.25) is 0 Å². The minimum atomic E-state index is -0.752. The molecule has 0 aromatic rings. The Morgan fingerprint density at radius 1 is 1.15 bits per heavy atom. The number of esters is 2. The molecule has 6 heteroatoms. The van der Waals surface area contributed by atoms with E-state index in [9.17, 15) is 14.7 Å². The van der Waals surface area contributed by atoms with Crippen molar-refractivity contribution in [1.29, 1.82) is 0 Å². The molecule has 20 heavy (non-hydrogen) atoms. The first-order valence-corrected chi connectivity index (χ1v) is 6.44. The van der Waals surface area contributed by atoms with Gasteiger partial charge in [0, 0.05) is 25.2 Å². The molecular formula is C14H22O6. The standard InChI is InChI=1S/C14H22O6/c1-3-13(17)19-9-5-6-12(20-14(18)4-2)10-11(16)7-8-15/h3-4,11-12,15-16H,1-2,5-10H2. The molecule has 114 valence electrons. The van der Waals surface area contributed by atoms with E-state index in [0.29, 0.717) is 12.8 Å². The number of aliphatic hydroxyl groups is 2. The van der Waals surface area contributed by atoms with E-state index in [1.165, 1.54) is 0 Å². The second-order valence-electron chi connectivity index (χ2n) is 4.18. The molecule has 0 saturated heterocycles. The van der Waals surface area contributed by atoms with E-state index >= 15 is 0 Å². The van der Waals surface area contributed by atoms with Crippen LogP contribution in [0.15, 0.2) is 25.3 Å². The lowest BCUT2D eigenvalue weighted by molar-refractivity contribution is -0.146. The Hall–Kier alpha value is -1.66. The molecular weight excluding hydrogens is 264 g/mol. The molecule has 0 bridgehead atoms. The number of carbonyl (C=O) groups is 2. The molecule has 0 aromatic heterocycles. The van der Waals surface area contributed by atoms with Crippen molar-refractivity contribution >= 4 is 11.9 Å². The fourth-order valence-corrected chi connectivity index (χ4v) is 1.55. The van der Waals surface area contributed by atoms with Gasteiger partial charge in [0.05, 0.1) is 12.7 Å². The van der Waals surface area contributed by atoms with Crippen molar-refractivity contribution in [2.45, 2.75) is 37.9 Å². The maximum Gasteiger partial charge on any atom is 0.330 e. The van der Waals surface area contributed by atoms with Crippen molar-refractivity contribution in [2.24, 2.45) is 0 Å². The molecule has 0 aromatic carbocycles. The summed E-state index contributed by atoms with van der Waals surface area (Å²) in [7, 11) is 0. The summed E-state index contributed by atoms with van der Waals surface area (Å²) in [5, 5.41) is 18.3. The van der Waals surface area contributed by atoms with Gasteiger partial charge in [0.15, 0.2) is 0 Å². The number of hydrogen-bond acceptors (Lipinski definition) is 6. The highest BCUT2D eigenvalue weighted by atomic mass is 16.5. The van der Waals surface area contributed by atoms with E-state index in [2.05, 4.69) is 13.2 Å². The Morgan fingerprint density at radius 3 is 2.35 bits per heavy atom. The van der Waals surface area contributed by atoms with Crippen molar-refractivity contribution in [3.8, 4) is 0 Å². The van der Waals surface area contributed by atoms with Crippen molar-refractivity contribution in [3.05, 3.63) is 25.3 Å². The summed E-state index contributed by atoms with van der Waals surface area (Å²) in [5.74, 6) is -1.08. The van der Waals surface area contributed by atoms with Crippen LogP contribution in [0.3, 0.4) is 0 Å². The number of rotatable bonds is 11. The van der Waals surface area contributed by atoms with E-state index in [-0.39, 0.29) is 26.1 Å². The monoisotopic (exact) mass is 286 g/mol. The summed E-state index contributed by atoms with van der Waals surface area (Å²) in [6.07, 6.45) is 2.21. The Kier molecular flexibility index (Phi) is 10.3. The zero-order chi connectivity index (χ0) is 15.4. The number of hydrogen-bond donors (Lipinski definition) is 2. The molecule has 0 amide bonds. The van der Waals surface area contributed by atoms with Crippen LogP contribution in [0.2, 0.25) is 0 Å². The van der Waals surface area contributed by atoms with Crippen LogP contribution in [-0.4, -0.2) is 47.6 Å². The van der Waals surface area contributed by atoms with Crippen LogP contribution in [0.5, 0.6) is 0 Å². The summed E-state index contributed by atoms with van der Waals surface area (Å²) in [6, 6.07) is 0. The predicted octanol–water partition coefficient (Wildman–Crippen LogP) is 0.727. The molecule has 2 N–H and O–H groups in total. The molecule has 0 spiro atoms. The van der Waals surface area contributed by atoms with Gasteiger partial charge in [-0.2, -0.15) is 0 Å². The minimum Gasteiger partial charge on any atom is -0.463 e. The van der Waals surface area contributed by atoms with Crippen molar-refractivity contribution in [3.63, 3.8) is 0 Å². The molecule has 2 atom stereocenters. The van der Waals surface area contributed by atoms with E-state index < -0.39 is 24.1 Å². The zero-order valence-electron chi connectivity index (χ0n) is 11.5. The Bertz CT molecular complexity index is 326. The third-order valence-corrected chi connectivity index (χ3v) is 2.53. The second-order valence-corrected chi connectivity index (χ2v) is 4.18. The Labute approximate surface area is 118 Å². The van der Waals surface area contributed by atoms with Gasteiger partial charge < -0.3 is 19.7 Å². The average molecular weight is 286 g/mol. The third-order valence-electron chi connectivity index (χ3n) is 2.53. The molecule has 0 radical (unpaired) electrons. The van der Waals surface area contributed by atoms with Gasteiger partial charge in [-0.15, -0.1) is 0 Å². The summed E-state index contributed by atoms with van der Waals surface area (Å²) in [5.41, 5.74) is 0. The lowest BCUT2D eigenvalue weighted by atomic mass is 10.1. The first-order valence-electron chi connectivity index (χ1n) is 6.44. The smallest absolute Gasteiger partial charge is 0.330 e. The van der Waals surface area contributed by atoms with Crippen LogP contribution in [-0.2, 0) is 19.1 Å². The molecule has 0 heterocycles. The molecule has 0 rings (SSSR count). The summed E-state index contributed by atoms with van der Waals surface area (Å²) in [6.45, 7) is 6.62. The van der Waals surface area contributed by atoms with E-state index in [1.807, 2.05) is 0 Å². The lowest BCUT2D eigenvalue weighted by Gasteiger charge is -2.19. The zero-order valence-corrected chi connectivity index (χ0v) is 11.5. The third kappa shape index (κ3) is 9.29. The van der Waals surface area contributed by atoms with Gasteiger partial charge in [0.2, 0.25) is 0 Å². The molecule has 0 aliphatic heterocycles. The topological polar surface area (TPSA) is 93.1 Å². The predicted molar refractivity (Wildman–Crippen MR) is 72.8 cm³/mol. The quantitative estimate of drug-likeness (QED) is 0.330. The van der Waals surface area contributed by atoms with Crippen LogP contribution in [0.1, 0.15) is 25.7 Å². The number of ether oxygens (including phenoxy) is 2. The molecule has 2 unspecified atom stereocenters. The Morgan fingerprint density at radius 2 is 1.80 bits per heavy atom. The van der Waals surface area contributed by atoms with E-state index in [1.54, 1.807) is 0 Å². The fraction of sp³-hybridized carbons (Fsp3) is 0.571. The highest BCUT2D eigenvalue weighted by Crippen LogP contribution is 2.12. The van der Waals surface area contributed by atoms with Crippen molar-refractivity contribution in [2.75, 3.05) is 13.2 Å². The van der Waals surface area contributed by atoms with Crippen LogP contribution < -0.4 is 0 Å². The van der Waals surface area contributed by atoms with Gasteiger partial charge in [0.25, 0.3) is 0 Å². The van der Waals surface area contributed by atoms with Crippen LogP contribution >= 0.6 is 0 Å². The first-order chi connectivity index (χ1) is 9.53. The molecule has 6 nitrogen and oxygen atoms in total. The fourth-order valence-electron chi connectivity index (χ4n) is 1.55. The van der Waals surface area contributed by atoms with Crippen molar-refractivity contribution < 1.29 is 29.3 Å². The van der Waals surface area contributed by atoms with Gasteiger partial charge >= 0.3 is 11.9 Å². The minimum absolute atomic E-state index is 0.139. The Balaban J connectivity index is 4.16. The van der Waals surface area contributed by atoms with Gasteiger partial charge in [0.1, 0.15) is 6.10 Å². The normalized spacial score (nSPS) is 13.1.